The van der Waals surface area contributed by atoms with Crippen molar-refractivity contribution in [2.24, 2.45) is 0 Å². The van der Waals surface area contributed by atoms with E-state index in [4.69, 9.17) is 9.84 Å². The third-order valence-electron chi connectivity index (χ3n) is 2.16. The van der Waals surface area contributed by atoms with Gasteiger partial charge in [-0.25, -0.2) is 13.8 Å². The monoisotopic (exact) mass is 315 g/mol. The van der Waals surface area contributed by atoms with Crippen LogP contribution in [-0.2, 0) is 6.61 Å². The molecule has 94 valence electrons. The third-order valence-corrected chi connectivity index (χ3v) is 2.66. The molecule has 0 fully saturated rings. The van der Waals surface area contributed by atoms with E-state index in [1.807, 2.05) is 0 Å². The lowest BCUT2D eigenvalue weighted by Gasteiger charge is -2.09. The topological polar surface area (TPSA) is 42.4 Å². The van der Waals surface area contributed by atoms with Gasteiger partial charge in [0.05, 0.1) is 12.8 Å². The minimum absolute atomic E-state index is 0.0277. The molecule has 0 amide bonds. The molecule has 6 heteroatoms. The van der Waals surface area contributed by atoms with Crippen molar-refractivity contribution in [1.29, 1.82) is 0 Å². The first kappa shape index (κ1) is 12.9. The fraction of sp³-hybridized carbons (Fsp3) is 0.0833. The maximum absolute atomic E-state index is 13.5. The van der Waals surface area contributed by atoms with Crippen molar-refractivity contribution in [2.45, 2.75) is 6.61 Å². The van der Waals surface area contributed by atoms with Crippen molar-refractivity contribution in [1.82, 2.24) is 4.98 Å². The molecule has 3 nitrogen and oxygen atoms in total. The van der Waals surface area contributed by atoms with Crippen molar-refractivity contribution in [3.8, 4) is 11.6 Å². The van der Waals surface area contributed by atoms with E-state index in [1.165, 1.54) is 12.1 Å². The second kappa shape index (κ2) is 5.41. The van der Waals surface area contributed by atoms with Crippen LogP contribution in [0.1, 0.15) is 5.56 Å². The Morgan fingerprint density at radius 2 is 2.06 bits per heavy atom. The van der Waals surface area contributed by atoms with E-state index in [1.54, 1.807) is 6.07 Å². The summed E-state index contributed by atoms with van der Waals surface area (Å²) in [5.41, 5.74) is 0.150. The van der Waals surface area contributed by atoms with Gasteiger partial charge in [0, 0.05) is 10.0 Å². The van der Waals surface area contributed by atoms with Crippen molar-refractivity contribution in [3.05, 3.63) is 52.1 Å². The summed E-state index contributed by atoms with van der Waals surface area (Å²) in [5.74, 6) is -1.26. The minimum Gasteiger partial charge on any atom is -0.436 e. The van der Waals surface area contributed by atoms with Crippen LogP contribution in [-0.4, -0.2) is 10.1 Å². The highest BCUT2D eigenvalue weighted by atomic mass is 79.9. The summed E-state index contributed by atoms with van der Waals surface area (Å²) in [7, 11) is 0. The van der Waals surface area contributed by atoms with Gasteiger partial charge in [0.2, 0.25) is 5.88 Å². The van der Waals surface area contributed by atoms with E-state index in [-0.39, 0.29) is 17.2 Å². The molecule has 0 saturated heterocycles. The average Bonchev–Trinajstić information content (AvgIpc) is 2.34. The number of benzene rings is 1. The summed E-state index contributed by atoms with van der Waals surface area (Å²) in [6, 6.07) is 5.32. The highest BCUT2D eigenvalue weighted by molar-refractivity contribution is 9.10. The largest absolute Gasteiger partial charge is 0.436 e. The van der Waals surface area contributed by atoms with Gasteiger partial charge in [0.1, 0.15) is 5.82 Å². The fourth-order valence-electron chi connectivity index (χ4n) is 1.34. The molecule has 0 bridgehead atoms. The number of aliphatic hydroxyl groups is 1. The van der Waals surface area contributed by atoms with E-state index in [9.17, 15) is 8.78 Å². The van der Waals surface area contributed by atoms with Gasteiger partial charge in [0.15, 0.2) is 11.6 Å². The molecule has 1 aromatic heterocycles. The van der Waals surface area contributed by atoms with E-state index < -0.39 is 18.2 Å². The van der Waals surface area contributed by atoms with Crippen LogP contribution in [0.25, 0.3) is 0 Å². The highest BCUT2D eigenvalue weighted by Gasteiger charge is 2.11. The lowest BCUT2D eigenvalue weighted by molar-refractivity contribution is 0.273. The number of aliphatic hydroxyl groups excluding tert-OH is 1. The van der Waals surface area contributed by atoms with Gasteiger partial charge in [-0.1, -0.05) is 15.9 Å². The molecule has 0 atom stereocenters. The number of aromatic nitrogens is 1. The van der Waals surface area contributed by atoms with Gasteiger partial charge in [-0.05, 0) is 24.3 Å². The quantitative estimate of drug-likeness (QED) is 0.943. The van der Waals surface area contributed by atoms with Crippen LogP contribution in [0.3, 0.4) is 0 Å². The first-order valence-electron chi connectivity index (χ1n) is 4.98. The smallest absolute Gasteiger partial charge is 0.225 e. The number of rotatable bonds is 3. The Morgan fingerprint density at radius 3 is 2.72 bits per heavy atom. The summed E-state index contributed by atoms with van der Waals surface area (Å²) >= 11 is 3.12. The van der Waals surface area contributed by atoms with Crippen molar-refractivity contribution in [3.63, 3.8) is 0 Å². The second-order valence-corrected chi connectivity index (χ2v) is 4.37. The molecule has 0 radical (unpaired) electrons. The van der Waals surface area contributed by atoms with Crippen LogP contribution in [0.4, 0.5) is 8.78 Å². The Hall–Kier alpha value is -1.53. The zero-order valence-corrected chi connectivity index (χ0v) is 10.6. The summed E-state index contributed by atoms with van der Waals surface area (Å²) in [5, 5.41) is 9.05. The molecule has 0 unspecified atom stereocenters. The maximum Gasteiger partial charge on any atom is 0.225 e. The Kier molecular flexibility index (Phi) is 3.88. The van der Waals surface area contributed by atoms with Gasteiger partial charge in [-0.3, -0.25) is 0 Å². The molecule has 0 saturated carbocycles. The van der Waals surface area contributed by atoms with E-state index in [0.717, 1.165) is 12.3 Å². The molecule has 0 aliphatic heterocycles. The summed E-state index contributed by atoms with van der Waals surface area (Å²) in [6.45, 7) is -0.446. The Balaban J connectivity index is 2.33. The molecule has 2 aromatic rings. The summed E-state index contributed by atoms with van der Waals surface area (Å²) < 4.78 is 32.2. The molecule has 0 aliphatic carbocycles. The molecule has 0 aliphatic rings. The Labute approximate surface area is 110 Å². The van der Waals surface area contributed by atoms with Crippen LogP contribution in [0.5, 0.6) is 11.6 Å². The van der Waals surface area contributed by atoms with Gasteiger partial charge >= 0.3 is 0 Å². The Morgan fingerprint density at radius 1 is 1.28 bits per heavy atom. The molecule has 1 aromatic carbocycles. The lowest BCUT2D eigenvalue weighted by atomic mass is 10.3. The number of nitrogens with zero attached hydrogens (tertiary/aromatic N) is 1. The molecule has 2 rings (SSSR count). The average molecular weight is 316 g/mol. The molecule has 1 heterocycles. The van der Waals surface area contributed by atoms with Gasteiger partial charge in [-0.15, -0.1) is 0 Å². The lowest BCUT2D eigenvalue weighted by Crippen LogP contribution is -1.97. The van der Waals surface area contributed by atoms with Crippen molar-refractivity contribution in [2.75, 3.05) is 0 Å². The van der Waals surface area contributed by atoms with Gasteiger partial charge in [-0.2, -0.15) is 0 Å². The standard InChI is InChI=1S/C12H8BrF2NO2/c13-8-1-2-11(10(15)4-8)18-12-7(6-17)3-9(14)5-16-12/h1-5,17H,6H2. The minimum atomic E-state index is -0.595. The number of hydrogen-bond donors (Lipinski definition) is 1. The molecular formula is C12H8BrF2NO2. The molecule has 1 N–H and O–H groups in total. The molecule has 18 heavy (non-hydrogen) atoms. The van der Waals surface area contributed by atoms with Crippen LogP contribution >= 0.6 is 15.9 Å². The van der Waals surface area contributed by atoms with Crippen molar-refractivity contribution < 1.29 is 18.6 Å². The van der Waals surface area contributed by atoms with Crippen molar-refractivity contribution >= 4 is 15.9 Å². The Bertz CT molecular complexity index is 578. The SMILES string of the molecule is OCc1cc(F)cnc1Oc1ccc(Br)cc1F. The summed E-state index contributed by atoms with van der Waals surface area (Å²) in [4.78, 5) is 3.67. The number of halogens is 3. The second-order valence-electron chi connectivity index (χ2n) is 3.45. The zero-order valence-electron chi connectivity index (χ0n) is 9.03. The predicted octanol–water partition coefficient (Wildman–Crippen LogP) is 3.41. The van der Waals surface area contributed by atoms with E-state index in [2.05, 4.69) is 20.9 Å². The van der Waals surface area contributed by atoms with Crippen LogP contribution in [0.15, 0.2) is 34.9 Å². The third kappa shape index (κ3) is 2.83. The fourth-order valence-corrected chi connectivity index (χ4v) is 1.67. The predicted molar refractivity (Wildman–Crippen MR) is 64.3 cm³/mol. The van der Waals surface area contributed by atoms with Crippen LogP contribution < -0.4 is 4.74 Å². The summed E-state index contributed by atoms with van der Waals surface area (Å²) in [6.07, 6.45) is 0.936. The number of hydrogen-bond acceptors (Lipinski definition) is 3. The molecular weight excluding hydrogens is 308 g/mol. The highest BCUT2D eigenvalue weighted by Crippen LogP contribution is 2.27. The zero-order chi connectivity index (χ0) is 13.1. The van der Waals surface area contributed by atoms with E-state index >= 15 is 0 Å². The van der Waals surface area contributed by atoms with E-state index in [0.29, 0.717) is 4.47 Å². The molecule has 0 spiro atoms. The van der Waals surface area contributed by atoms with Crippen LogP contribution in [0.2, 0.25) is 0 Å². The first-order valence-corrected chi connectivity index (χ1v) is 5.77. The maximum atomic E-state index is 13.5. The first-order chi connectivity index (χ1) is 8.60. The normalized spacial score (nSPS) is 10.4. The van der Waals surface area contributed by atoms with Crippen LogP contribution in [0, 0.1) is 11.6 Å². The number of ether oxygens (including phenoxy) is 1. The number of pyridine rings is 1. The van der Waals surface area contributed by atoms with Gasteiger partial charge in [0.25, 0.3) is 0 Å². The van der Waals surface area contributed by atoms with Gasteiger partial charge < -0.3 is 9.84 Å².